The van der Waals surface area contributed by atoms with E-state index < -0.39 is 17.0 Å². The Morgan fingerprint density at radius 2 is 1.86 bits per heavy atom. The summed E-state index contributed by atoms with van der Waals surface area (Å²) in [6.07, 6.45) is 4.84. The van der Waals surface area contributed by atoms with E-state index in [1.807, 2.05) is 30.3 Å². The molecule has 1 amide bonds. The van der Waals surface area contributed by atoms with Crippen molar-refractivity contribution in [3.05, 3.63) is 101 Å². The molecule has 0 spiro atoms. The maximum Gasteiger partial charge on any atom is 0.240 e. The van der Waals surface area contributed by atoms with Gasteiger partial charge in [-0.1, -0.05) is 42.5 Å². The molecule has 0 saturated carbocycles. The number of amides is 1. The average Bonchev–Trinajstić information content (AvgIpc) is 3.38. The van der Waals surface area contributed by atoms with E-state index in [9.17, 15) is 13.6 Å². The van der Waals surface area contributed by atoms with Crippen molar-refractivity contribution in [2.75, 3.05) is 11.1 Å². The Morgan fingerprint density at radius 1 is 1.06 bits per heavy atom. The minimum absolute atomic E-state index is 0.0258. The summed E-state index contributed by atoms with van der Waals surface area (Å²) in [5.41, 5.74) is 7.67. The quantitative estimate of drug-likeness (QED) is 0.401. The molecule has 3 N–H and O–H groups in total. The fraction of sp³-hybridized carbons (Fsp3) is 0.115. The van der Waals surface area contributed by atoms with Gasteiger partial charge in [-0.05, 0) is 24.1 Å². The zero-order valence-corrected chi connectivity index (χ0v) is 19.0. The summed E-state index contributed by atoms with van der Waals surface area (Å²) >= 11 is 0. The molecule has 1 aliphatic heterocycles. The lowest BCUT2D eigenvalue weighted by Gasteiger charge is -2.23. The average molecular weight is 483 g/mol. The summed E-state index contributed by atoms with van der Waals surface area (Å²) < 4.78 is 29.9. The van der Waals surface area contributed by atoms with Crippen molar-refractivity contribution < 1.29 is 13.6 Å². The fourth-order valence-electron chi connectivity index (χ4n) is 4.71. The van der Waals surface area contributed by atoms with Crippen LogP contribution in [0.15, 0.2) is 67.1 Å². The van der Waals surface area contributed by atoms with Crippen LogP contribution in [0, 0.1) is 11.6 Å². The van der Waals surface area contributed by atoms with E-state index in [1.165, 1.54) is 12.1 Å². The largest absolute Gasteiger partial charge is 0.383 e. The number of nitrogens with one attached hydrogen (secondary N) is 1. The van der Waals surface area contributed by atoms with Crippen LogP contribution in [0.5, 0.6) is 0 Å². The number of carbonyl (C=O) groups is 1. The minimum atomic E-state index is -1.06. The normalized spacial score (nSPS) is 16.8. The van der Waals surface area contributed by atoms with Crippen molar-refractivity contribution >= 4 is 23.1 Å². The van der Waals surface area contributed by atoms with Crippen molar-refractivity contribution in [2.45, 2.75) is 18.8 Å². The predicted molar refractivity (Wildman–Crippen MR) is 129 cm³/mol. The van der Waals surface area contributed by atoms with Crippen molar-refractivity contribution in [2.24, 2.45) is 0 Å². The van der Waals surface area contributed by atoms with Crippen LogP contribution in [0.25, 0.3) is 17.0 Å². The van der Waals surface area contributed by atoms with Gasteiger partial charge in [-0.25, -0.2) is 23.7 Å². The zero-order chi connectivity index (χ0) is 25.0. The second-order valence-electron chi connectivity index (χ2n) is 8.70. The Hall–Kier alpha value is -4.73. The first-order valence-corrected chi connectivity index (χ1v) is 11.2. The number of halogens is 2. The van der Waals surface area contributed by atoms with E-state index in [0.29, 0.717) is 28.4 Å². The smallest absolute Gasteiger partial charge is 0.240 e. The third-order valence-electron chi connectivity index (χ3n) is 6.59. The highest BCUT2D eigenvalue weighted by Crippen LogP contribution is 2.45. The molecular weight excluding hydrogens is 464 g/mol. The Bertz CT molecular complexity index is 1670. The van der Waals surface area contributed by atoms with Gasteiger partial charge in [0.25, 0.3) is 0 Å². The number of imidazole rings is 1. The molecule has 8 nitrogen and oxygen atoms in total. The number of hydrogen-bond acceptors (Lipinski definition) is 6. The third-order valence-corrected chi connectivity index (χ3v) is 6.59. The van der Waals surface area contributed by atoms with Gasteiger partial charge in [-0.2, -0.15) is 0 Å². The highest BCUT2D eigenvalue weighted by Gasteiger charge is 2.47. The van der Waals surface area contributed by atoms with Crippen LogP contribution < -0.4 is 11.1 Å². The molecule has 0 radical (unpaired) electrons. The van der Waals surface area contributed by atoms with Crippen molar-refractivity contribution in [3.8, 4) is 11.5 Å². The van der Waals surface area contributed by atoms with Gasteiger partial charge in [0, 0.05) is 18.8 Å². The van der Waals surface area contributed by atoms with Crippen LogP contribution in [-0.4, -0.2) is 30.2 Å². The summed E-state index contributed by atoms with van der Waals surface area (Å²) in [4.78, 5) is 31.0. The highest BCUT2D eigenvalue weighted by atomic mass is 19.2. The van der Waals surface area contributed by atoms with Crippen molar-refractivity contribution in [1.29, 1.82) is 0 Å². The molecule has 0 bridgehead atoms. The molecule has 0 fully saturated rings. The van der Waals surface area contributed by atoms with E-state index in [0.717, 1.165) is 11.6 Å². The highest BCUT2D eigenvalue weighted by molar-refractivity contribution is 6.09. The van der Waals surface area contributed by atoms with Gasteiger partial charge in [-0.15, -0.1) is 0 Å². The summed E-state index contributed by atoms with van der Waals surface area (Å²) in [7, 11) is 0. The second kappa shape index (κ2) is 7.91. The molecule has 36 heavy (non-hydrogen) atoms. The van der Waals surface area contributed by atoms with E-state index >= 15 is 0 Å². The maximum atomic E-state index is 14.4. The molecule has 1 aliphatic rings. The van der Waals surface area contributed by atoms with Gasteiger partial charge in [0.15, 0.2) is 17.5 Å². The molecule has 3 aromatic heterocycles. The second-order valence-corrected chi connectivity index (χ2v) is 8.70. The molecular formula is C26H19F2N7O. The van der Waals surface area contributed by atoms with E-state index in [2.05, 4.69) is 25.3 Å². The molecule has 10 heteroatoms. The lowest BCUT2D eigenvalue weighted by atomic mass is 9.78. The minimum Gasteiger partial charge on any atom is -0.383 e. The number of fused-ring (bicyclic) bond motifs is 2. The van der Waals surface area contributed by atoms with Crippen LogP contribution in [0.2, 0.25) is 0 Å². The number of nitrogens with zero attached hydrogens (tertiary/aromatic N) is 5. The number of hydrogen-bond donors (Lipinski definition) is 2. The number of carbonyl (C=O) groups excluding carboxylic acids is 1. The first kappa shape index (κ1) is 21.8. The van der Waals surface area contributed by atoms with Crippen LogP contribution in [0.3, 0.4) is 0 Å². The van der Waals surface area contributed by atoms with Crippen LogP contribution >= 0.6 is 0 Å². The number of rotatable bonds is 4. The molecule has 4 heterocycles. The predicted octanol–water partition coefficient (Wildman–Crippen LogP) is 3.90. The third kappa shape index (κ3) is 3.14. The molecule has 5 aromatic rings. The molecule has 6 rings (SSSR count). The van der Waals surface area contributed by atoms with Gasteiger partial charge >= 0.3 is 0 Å². The molecule has 1 unspecified atom stereocenters. The van der Waals surface area contributed by atoms with Gasteiger partial charge in [0.1, 0.15) is 28.6 Å². The summed E-state index contributed by atoms with van der Waals surface area (Å²) in [5.74, 6) is -1.05. The van der Waals surface area contributed by atoms with E-state index in [1.54, 1.807) is 29.9 Å². The Kier molecular flexibility index (Phi) is 4.78. The van der Waals surface area contributed by atoms with Gasteiger partial charge in [-0.3, -0.25) is 14.2 Å². The number of anilines is 2. The van der Waals surface area contributed by atoms with Crippen molar-refractivity contribution in [1.82, 2.24) is 24.3 Å². The standard InChI is InChI=1S/C26H19F2N7O/c1-26(15-7-3-2-4-8-15)19-22(29)32-24(33-23(19)34-25(26)36)21-17-13-30-10-11-35(17)18(31-21)12-14-6-5-9-16(27)20(14)28/h2-11,13H,12H2,1H3,(H3,29,32,33,34,36). The lowest BCUT2D eigenvalue weighted by molar-refractivity contribution is -0.119. The Balaban J connectivity index is 1.49. The van der Waals surface area contributed by atoms with Crippen LogP contribution in [-0.2, 0) is 16.6 Å². The molecule has 178 valence electrons. The molecule has 0 aliphatic carbocycles. The Morgan fingerprint density at radius 3 is 2.67 bits per heavy atom. The SMILES string of the molecule is CC1(c2ccccc2)C(=O)Nc2nc(-c3nc(Cc4cccc(F)c4F)n4ccncc34)nc(N)c21. The zero-order valence-electron chi connectivity index (χ0n) is 19.0. The van der Waals surface area contributed by atoms with Gasteiger partial charge in [0.2, 0.25) is 5.91 Å². The molecule has 2 aromatic carbocycles. The van der Waals surface area contributed by atoms with Gasteiger partial charge < -0.3 is 11.1 Å². The first-order valence-electron chi connectivity index (χ1n) is 11.2. The number of nitrogens with two attached hydrogens (primary N) is 1. The topological polar surface area (TPSA) is 111 Å². The number of nitrogen functional groups attached to an aromatic ring is 1. The van der Waals surface area contributed by atoms with Crippen LogP contribution in [0.4, 0.5) is 20.4 Å². The summed E-state index contributed by atoms with van der Waals surface area (Å²) in [6.45, 7) is 1.78. The lowest BCUT2D eigenvalue weighted by Crippen LogP contribution is -2.32. The Labute approximate surface area is 203 Å². The van der Waals surface area contributed by atoms with E-state index in [4.69, 9.17) is 5.73 Å². The van der Waals surface area contributed by atoms with E-state index in [-0.39, 0.29) is 29.5 Å². The number of benzene rings is 2. The number of aromatic nitrogens is 5. The monoisotopic (exact) mass is 483 g/mol. The summed E-state index contributed by atoms with van der Waals surface area (Å²) in [5, 5.41) is 2.83. The van der Waals surface area contributed by atoms with Crippen LogP contribution in [0.1, 0.15) is 29.4 Å². The summed E-state index contributed by atoms with van der Waals surface area (Å²) in [6, 6.07) is 13.3. The first-order chi connectivity index (χ1) is 17.4. The van der Waals surface area contributed by atoms with Crippen molar-refractivity contribution in [3.63, 3.8) is 0 Å². The fourth-order valence-corrected chi connectivity index (χ4v) is 4.71. The molecule has 0 saturated heterocycles. The molecule has 1 atom stereocenters. The maximum absolute atomic E-state index is 14.4. The van der Waals surface area contributed by atoms with Gasteiger partial charge in [0.05, 0.1) is 17.3 Å².